The second-order valence-corrected chi connectivity index (χ2v) is 29.2. The van der Waals surface area contributed by atoms with Crippen molar-refractivity contribution in [3.63, 3.8) is 0 Å². The third-order valence-electron chi connectivity index (χ3n) is 20.9. The summed E-state index contributed by atoms with van der Waals surface area (Å²) >= 11 is 0. The second kappa shape index (κ2) is 41.0. The zero-order valence-electron chi connectivity index (χ0n) is 63.2. The number of carboxylic acid groups (broad SMARTS) is 1. The van der Waals surface area contributed by atoms with Gasteiger partial charge in [0.25, 0.3) is 0 Å². The first kappa shape index (κ1) is 80.9. The molecule has 24 nitrogen and oxygen atoms in total. The fraction of sp³-hybridized carbons (Fsp3) is 0.524. The van der Waals surface area contributed by atoms with E-state index in [0.717, 1.165) is 136 Å². The van der Waals surface area contributed by atoms with Gasteiger partial charge < -0.3 is 62.3 Å². The molecule has 0 bridgehead atoms. The van der Waals surface area contributed by atoms with Crippen molar-refractivity contribution >= 4 is 64.2 Å². The molecular weight excluding hydrogens is 1340 g/mol. The number of nitrogens with two attached hydrogens (primary N) is 3. The molecule has 6 saturated heterocycles. The zero-order valence-corrected chi connectivity index (χ0v) is 63.2. The Morgan fingerprint density at radius 1 is 0.491 bits per heavy atom. The lowest BCUT2D eigenvalue weighted by Crippen LogP contribution is -2.46. The van der Waals surface area contributed by atoms with Crippen LogP contribution in [0.3, 0.4) is 0 Å². The average Bonchev–Trinajstić information content (AvgIpc) is 0.839. The van der Waals surface area contributed by atoms with Gasteiger partial charge in [-0.05, 0) is 247 Å². The number of rotatable bonds is 23. The fourth-order valence-corrected chi connectivity index (χ4v) is 14.7. The fourth-order valence-electron chi connectivity index (χ4n) is 14.7. The van der Waals surface area contributed by atoms with Gasteiger partial charge in [0.2, 0.25) is 5.78 Å². The Morgan fingerprint density at radius 3 is 1.25 bits per heavy atom. The van der Waals surface area contributed by atoms with Crippen molar-refractivity contribution < 1.29 is 48.1 Å². The number of ether oxygens (including phenoxy) is 3. The Labute approximate surface area is 626 Å². The van der Waals surface area contributed by atoms with Gasteiger partial charge in [-0.25, -0.2) is 19.7 Å². The second-order valence-electron chi connectivity index (χ2n) is 29.2. The Hall–Kier alpha value is -9.23. The Morgan fingerprint density at radius 2 is 0.868 bits per heavy atom. The Kier molecular flexibility index (Phi) is 31.3. The van der Waals surface area contributed by atoms with Gasteiger partial charge in [0, 0.05) is 51.4 Å². The molecule has 106 heavy (non-hydrogen) atoms. The van der Waals surface area contributed by atoms with E-state index >= 15 is 0 Å². The lowest BCUT2D eigenvalue weighted by molar-refractivity contribution is -0.148. The Balaban J connectivity index is 0.000000172. The number of nitrogen functional groups attached to an aromatic ring is 3. The molecule has 6 aliphatic heterocycles. The van der Waals surface area contributed by atoms with Crippen LogP contribution in [0.5, 0.6) is 17.2 Å². The minimum atomic E-state index is -1.43. The number of nitrogens with one attached hydrogen (secondary N) is 3. The first-order chi connectivity index (χ1) is 51.2. The van der Waals surface area contributed by atoms with Crippen LogP contribution in [0.2, 0.25) is 0 Å². The molecular formula is C82H114N14O10. The first-order valence-electron chi connectivity index (χ1n) is 38.5. The summed E-state index contributed by atoms with van der Waals surface area (Å²) in [5.74, 6) is 0.731. The summed E-state index contributed by atoms with van der Waals surface area (Å²) in [5.41, 5.74) is 24.7. The van der Waals surface area contributed by atoms with Gasteiger partial charge in [0.05, 0.1) is 35.9 Å². The third kappa shape index (κ3) is 24.4. The van der Waals surface area contributed by atoms with E-state index in [1.54, 1.807) is 28.0 Å². The number of carbonyl (C=O) groups is 6. The molecule has 4 amide bonds. The first-order valence-corrected chi connectivity index (χ1v) is 38.5. The van der Waals surface area contributed by atoms with Gasteiger partial charge in [-0.15, -0.1) is 0 Å². The lowest BCUT2D eigenvalue weighted by Gasteiger charge is -2.38. The molecule has 0 aliphatic carbocycles. The van der Waals surface area contributed by atoms with Crippen LogP contribution in [-0.2, 0) is 54.5 Å². The number of nitrogens with zero attached hydrogens (tertiary/aromatic N) is 8. The standard InChI is InChI=1S/2C27H37N5O3.C18H28N2O.C10H12N2O3/c2*1-3-20-15-22(17-29-25(20)28)30-26(33)27(34)32-18-19(2)9-10-24(32)21-7-6-8-23(16-21)35-14-13-31-11-4-5-12-31;1-15-7-8-18(19-14-15)16-5-4-6-17(13-16)21-12-11-20-9-2-3-10-20;1-2-7-3-6(5-12-9(7)11)4-8(13)10(14)15/h2*6-8,15-17,19,24H,3-5,9-14,18H2,1-2H3,(H2,28,29)(H,30,33);4-6,13,15,18-19H,2-3,7-12,14H2,1H3;3,5H,2,4H2,1H3,(H2,11,12)(H,14,15)/t2*19-,24+;15-,18+;/m000./s1. The van der Waals surface area contributed by atoms with Crippen LogP contribution in [-0.4, -0.2) is 178 Å². The summed E-state index contributed by atoms with van der Waals surface area (Å²) < 4.78 is 18.0. The van der Waals surface area contributed by atoms with Gasteiger partial charge in [-0.2, -0.15) is 0 Å². The van der Waals surface area contributed by atoms with Crippen LogP contribution in [0.4, 0.5) is 28.8 Å². The molecule has 6 aliphatic rings. The van der Waals surface area contributed by atoms with E-state index in [0.29, 0.717) is 97.8 Å². The molecule has 3 aromatic carbocycles. The van der Waals surface area contributed by atoms with Crippen molar-refractivity contribution in [2.24, 2.45) is 17.8 Å². The van der Waals surface area contributed by atoms with E-state index in [1.165, 1.54) is 88.6 Å². The molecule has 0 radical (unpaired) electrons. The zero-order chi connectivity index (χ0) is 75.5. The molecule has 6 atom stereocenters. The maximum absolute atomic E-state index is 13.3. The summed E-state index contributed by atoms with van der Waals surface area (Å²) in [7, 11) is 0. The molecule has 0 saturated carbocycles. The summed E-state index contributed by atoms with van der Waals surface area (Å²) in [6.45, 7) is 26.7. The number of hydrogen-bond donors (Lipinski definition) is 7. The molecule has 9 heterocycles. The van der Waals surface area contributed by atoms with E-state index in [4.69, 9.17) is 36.5 Å². The van der Waals surface area contributed by atoms with Crippen molar-refractivity contribution in [1.82, 2.24) is 44.8 Å². The van der Waals surface area contributed by atoms with Gasteiger partial charge >= 0.3 is 29.6 Å². The monoisotopic (exact) mass is 1450 g/mol. The summed E-state index contributed by atoms with van der Waals surface area (Å²) in [6, 6.07) is 30.0. The van der Waals surface area contributed by atoms with E-state index in [-0.39, 0.29) is 18.5 Å². The summed E-state index contributed by atoms with van der Waals surface area (Å²) in [6.07, 6.45) is 20.3. The van der Waals surface area contributed by atoms with Crippen molar-refractivity contribution in [3.8, 4) is 17.2 Å². The number of Topliss-reactive ketones (excluding diaryl/α,β-unsaturated/α-hetero) is 1. The van der Waals surface area contributed by atoms with Crippen molar-refractivity contribution in [1.29, 1.82) is 0 Å². The van der Waals surface area contributed by atoms with Crippen LogP contribution in [0.15, 0.2) is 110 Å². The molecule has 12 rings (SSSR count). The highest BCUT2D eigenvalue weighted by Gasteiger charge is 2.37. The molecule has 6 fully saturated rings. The Bertz CT molecular complexity index is 3690. The molecule has 24 heteroatoms. The predicted molar refractivity (Wildman–Crippen MR) is 415 cm³/mol. The number of anilines is 5. The minimum Gasteiger partial charge on any atom is -0.492 e. The normalized spacial score (nSPS) is 20.3. The van der Waals surface area contributed by atoms with E-state index in [1.807, 2.05) is 69.3 Å². The summed E-state index contributed by atoms with van der Waals surface area (Å²) in [5, 5.41) is 17.5. The number of carboxylic acids is 1. The van der Waals surface area contributed by atoms with Gasteiger partial charge in [-0.3, -0.25) is 38.7 Å². The van der Waals surface area contributed by atoms with Crippen molar-refractivity contribution in [3.05, 3.63) is 149 Å². The van der Waals surface area contributed by atoms with Crippen LogP contribution >= 0.6 is 0 Å². The number of hydrogen-bond acceptors (Lipinski definition) is 19. The maximum atomic E-state index is 13.3. The van der Waals surface area contributed by atoms with Crippen LogP contribution < -0.4 is 47.4 Å². The third-order valence-corrected chi connectivity index (χ3v) is 20.9. The predicted octanol–water partition coefficient (Wildman–Crippen LogP) is 10.9. The molecule has 6 aromatic rings. The summed E-state index contributed by atoms with van der Waals surface area (Å²) in [4.78, 5) is 96.6. The number of carbonyl (C=O) groups excluding carboxylic acids is 5. The van der Waals surface area contributed by atoms with Gasteiger partial charge in [0.15, 0.2) is 0 Å². The number of pyridine rings is 3. The number of likely N-dealkylation sites (tertiary alicyclic amines) is 5. The minimum absolute atomic E-state index is 0.143. The average molecular weight is 1460 g/mol. The van der Waals surface area contributed by atoms with Crippen LogP contribution in [0.25, 0.3) is 0 Å². The number of benzene rings is 3. The van der Waals surface area contributed by atoms with Gasteiger partial charge in [-0.1, -0.05) is 84.0 Å². The molecule has 3 aromatic heterocycles. The topological polar surface area (TPSA) is 319 Å². The SMILES string of the molecule is CCc1cc(CC(=O)C(=O)O)cnc1N.CCc1cc(NC(=O)C(=O)N2C[C@@H](C)CC[C@@H]2c2cccc(OCCN3CCCC3)c2)cnc1N.CCc1cc(NC(=O)C(=O)N2C[C@@H](C)CC[C@@H]2c2cccc(OCCN3CCCC3)c2)cnc1N.C[C@H]1CC[C@H](c2cccc(OCCN3CCCC3)c2)NC1. The smallest absolute Gasteiger partial charge is 0.372 e. The van der Waals surface area contributed by atoms with E-state index in [2.05, 4.69) is 90.6 Å². The number of aromatic nitrogens is 3. The number of aryl methyl sites for hydroxylation is 3. The quantitative estimate of drug-likeness (QED) is 0.0293. The van der Waals surface area contributed by atoms with Crippen LogP contribution in [0.1, 0.15) is 176 Å². The van der Waals surface area contributed by atoms with E-state index in [9.17, 15) is 28.8 Å². The molecule has 0 spiro atoms. The highest BCUT2D eigenvalue weighted by molar-refractivity contribution is 6.40. The van der Waals surface area contributed by atoms with Crippen LogP contribution in [0, 0.1) is 17.8 Å². The van der Waals surface area contributed by atoms with Crippen molar-refractivity contribution in [2.75, 3.05) is 126 Å². The number of ketones is 1. The maximum Gasteiger partial charge on any atom is 0.372 e. The largest absolute Gasteiger partial charge is 0.492 e. The lowest BCUT2D eigenvalue weighted by atomic mass is 9.89. The number of piperidine rings is 3. The number of aliphatic carboxylic acids is 1. The highest BCUT2D eigenvalue weighted by atomic mass is 16.5. The highest BCUT2D eigenvalue weighted by Crippen LogP contribution is 2.37. The molecule has 10 N–H and O–H groups in total. The number of amides is 4. The van der Waals surface area contributed by atoms with Gasteiger partial charge in [0.1, 0.15) is 54.5 Å². The van der Waals surface area contributed by atoms with E-state index < -0.39 is 35.4 Å². The molecule has 0 unspecified atom stereocenters. The molecule has 572 valence electrons. The van der Waals surface area contributed by atoms with Crippen molar-refractivity contribution in [2.45, 2.75) is 162 Å².